The second kappa shape index (κ2) is 6.66. The van der Waals surface area contributed by atoms with Crippen molar-refractivity contribution in [1.82, 2.24) is 4.72 Å². The van der Waals surface area contributed by atoms with Gasteiger partial charge in [0.2, 0.25) is 15.9 Å². The van der Waals surface area contributed by atoms with E-state index >= 15 is 0 Å². The molecule has 0 spiro atoms. The molecule has 2 atom stereocenters. The van der Waals surface area contributed by atoms with Gasteiger partial charge in [0.25, 0.3) is 0 Å². The fraction of sp³-hybridized carbons (Fsp3) is 0.471. The molecule has 0 aromatic heterocycles. The first-order valence-corrected chi connectivity index (χ1v) is 9.61. The molecular weight excluding hydrogens is 328 g/mol. The Kier molecular flexibility index (Phi) is 4.76. The number of fused-ring (bicyclic) bond motifs is 1. The van der Waals surface area contributed by atoms with Crippen LogP contribution in [0.4, 0.5) is 5.69 Å². The van der Waals surface area contributed by atoms with Gasteiger partial charge in [-0.25, -0.2) is 13.1 Å². The van der Waals surface area contributed by atoms with Crippen molar-refractivity contribution in [3.63, 3.8) is 0 Å². The zero-order chi connectivity index (χ0) is 17.3. The van der Waals surface area contributed by atoms with E-state index in [9.17, 15) is 13.2 Å². The van der Waals surface area contributed by atoms with Gasteiger partial charge in [0.1, 0.15) is 0 Å². The zero-order valence-electron chi connectivity index (χ0n) is 13.6. The molecule has 0 saturated heterocycles. The summed E-state index contributed by atoms with van der Waals surface area (Å²) in [6.45, 7) is 2.21. The second-order valence-corrected chi connectivity index (χ2v) is 8.07. The standard InChI is InChI=1S/C17H22N2O4S/c1-12(21)19-8-2-3-14-10-16(6-7-17(14)19)24(22,23)18-15-5-4-13(9-15)11-20/h4-7,10,13,15,18,20H,2-3,8-9,11H2,1H3/t13-,15+/m0/s1. The smallest absolute Gasteiger partial charge is 0.241 e. The van der Waals surface area contributed by atoms with Gasteiger partial charge in [-0.2, -0.15) is 0 Å². The molecule has 130 valence electrons. The summed E-state index contributed by atoms with van der Waals surface area (Å²) < 4.78 is 27.9. The minimum absolute atomic E-state index is 0.00496. The lowest BCUT2D eigenvalue weighted by molar-refractivity contribution is -0.116. The van der Waals surface area contributed by atoms with Crippen LogP contribution >= 0.6 is 0 Å². The number of hydrogen-bond acceptors (Lipinski definition) is 4. The highest BCUT2D eigenvalue weighted by Crippen LogP contribution is 2.30. The van der Waals surface area contributed by atoms with Crippen molar-refractivity contribution in [3.8, 4) is 0 Å². The molecule has 0 fully saturated rings. The minimum atomic E-state index is -3.63. The molecule has 1 heterocycles. The predicted octanol–water partition coefficient (Wildman–Crippen LogP) is 1.20. The van der Waals surface area contributed by atoms with Crippen molar-refractivity contribution in [2.45, 2.75) is 37.1 Å². The molecule has 1 amide bonds. The third kappa shape index (κ3) is 3.38. The zero-order valence-corrected chi connectivity index (χ0v) is 14.4. The van der Waals surface area contributed by atoms with Crippen molar-refractivity contribution in [2.24, 2.45) is 5.92 Å². The maximum absolute atomic E-state index is 12.6. The predicted molar refractivity (Wildman–Crippen MR) is 91.2 cm³/mol. The lowest BCUT2D eigenvalue weighted by Crippen LogP contribution is -2.35. The van der Waals surface area contributed by atoms with E-state index in [-0.39, 0.29) is 29.4 Å². The number of nitrogens with one attached hydrogen (secondary N) is 1. The van der Waals surface area contributed by atoms with Gasteiger partial charge in [-0.1, -0.05) is 12.2 Å². The first-order valence-electron chi connectivity index (χ1n) is 8.13. The Hall–Kier alpha value is -1.70. The summed E-state index contributed by atoms with van der Waals surface area (Å²) in [6.07, 6.45) is 5.78. The van der Waals surface area contributed by atoms with Crippen LogP contribution in [0, 0.1) is 5.92 Å². The summed E-state index contributed by atoms with van der Waals surface area (Å²) in [5, 5.41) is 9.14. The molecule has 1 aromatic carbocycles. The lowest BCUT2D eigenvalue weighted by atomic mass is 10.0. The van der Waals surface area contributed by atoms with Gasteiger partial charge in [0.05, 0.1) is 4.90 Å². The number of benzene rings is 1. The van der Waals surface area contributed by atoms with E-state index in [1.165, 1.54) is 6.92 Å². The Morgan fingerprint density at radius 2 is 2.17 bits per heavy atom. The molecule has 2 aliphatic rings. The largest absolute Gasteiger partial charge is 0.396 e. The van der Waals surface area contributed by atoms with Crippen LogP contribution in [0.1, 0.15) is 25.3 Å². The second-order valence-electron chi connectivity index (χ2n) is 6.36. The maximum atomic E-state index is 12.6. The molecule has 7 heteroatoms. The molecule has 0 unspecified atom stereocenters. The number of carbonyl (C=O) groups excluding carboxylic acids is 1. The van der Waals surface area contributed by atoms with Crippen molar-refractivity contribution >= 4 is 21.6 Å². The van der Waals surface area contributed by atoms with Crippen molar-refractivity contribution in [2.75, 3.05) is 18.1 Å². The molecule has 0 saturated carbocycles. The van der Waals surface area contributed by atoms with Crippen LogP contribution in [0.2, 0.25) is 0 Å². The number of aliphatic hydroxyl groups is 1. The van der Waals surface area contributed by atoms with Crippen LogP contribution in [-0.4, -0.2) is 38.6 Å². The normalized spacial score (nSPS) is 23.3. The van der Waals surface area contributed by atoms with E-state index in [0.717, 1.165) is 24.1 Å². The quantitative estimate of drug-likeness (QED) is 0.799. The highest BCUT2D eigenvalue weighted by Gasteiger charge is 2.26. The molecule has 6 nitrogen and oxygen atoms in total. The molecule has 1 aromatic rings. The Morgan fingerprint density at radius 3 is 2.83 bits per heavy atom. The first kappa shape index (κ1) is 17.1. The van der Waals surface area contributed by atoms with Crippen LogP contribution in [0.3, 0.4) is 0 Å². The van der Waals surface area contributed by atoms with Crippen LogP contribution in [0.5, 0.6) is 0 Å². The molecule has 1 aliphatic carbocycles. The number of rotatable bonds is 4. The highest BCUT2D eigenvalue weighted by atomic mass is 32.2. The molecule has 0 bridgehead atoms. The molecule has 24 heavy (non-hydrogen) atoms. The minimum Gasteiger partial charge on any atom is -0.396 e. The topological polar surface area (TPSA) is 86.7 Å². The van der Waals surface area contributed by atoms with E-state index in [1.54, 1.807) is 29.2 Å². The summed E-state index contributed by atoms with van der Waals surface area (Å²) in [4.78, 5) is 13.6. The van der Waals surface area contributed by atoms with E-state index < -0.39 is 10.0 Å². The number of aliphatic hydroxyl groups excluding tert-OH is 1. The Bertz CT molecular complexity index is 773. The average Bonchev–Trinajstić information content (AvgIpc) is 3.00. The summed E-state index contributed by atoms with van der Waals surface area (Å²) in [7, 11) is -3.63. The SMILES string of the molecule is CC(=O)N1CCCc2cc(S(=O)(=O)N[C@@H]3C=C[C@H](CO)C3)ccc21. The number of hydrogen-bond donors (Lipinski definition) is 2. The van der Waals surface area contributed by atoms with Gasteiger partial charge < -0.3 is 10.0 Å². The highest BCUT2D eigenvalue weighted by molar-refractivity contribution is 7.89. The van der Waals surface area contributed by atoms with Gasteiger partial charge in [-0.15, -0.1) is 0 Å². The monoisotopic (exact) mass is 350 g/mol. The van der Waals surface area contributed by atoms with Crippen LogP contribution < -0.4 is 9.62 Å². The molecular formula is C17H22N2O4S. The number of amides is 1. The molecule has 2 N–H and O–H groups in total. The lowest BCUT2D eigenvalue weighted by Gasteiger charge is -2.29. The van der Waals surface area contributed by atoms with E-state index in [4.69, 9.17) is 5.11 Å². The van der Waals surface area contributed by atoms with Crippen molar-refractivity contribution in [1.29, 1.82) is 0 Å². The van der Waals surface area contributed by atoms with Crippen LogP contribution in [0.15, 0.2) is 35.2 Å². The molecule has 1 aliphatic heterocycles. The summed E-state index contributed by atoms with van der Waals surface area (Å²) in [5.74, 6) is -0.0267. The molecule has 0 radical (unpaired) electrons. The van der Waals surface area contributed by atoms with Crippen molar-refractivity contribution in [3.05, 3.63) is 35.9 Å². The Balaban J connectivity index is 1.82. The average molecular weight is 350 g/mol. The molecule has 3 rings (SSSR count). The van der Waals surface area contributed by atoms with Gasteiger partial charge in [0, 0.05) is 37.7 Å². The maximum Gasteiger partial charge on any atom is 0.241 e. The first-order chi connectivity index (χ1) is 11.4. The Labute approximate surface area is 142 Å². The number of sulfonamides is 1. The summed E-state index contributed by atoms with van der Waals surface area (Å²) >= 11 is 0. The fourth-order valence-corrected chi connectivity index (χ4v) is 4.59. The van der Waals surface area contributed by atoms with E-state index in [1.807, 2.05) is 6.08 Å². The van der Waals surface area contributed by atoms with Gasteiger partial charge in [-0.05, 0) is 43.0 Å². The van der Waals surface area contributed by atoms with Gasteiger partial charge >= 0.3 is 0 Å². The summed E-state index contributed by atoms with van der Waals surface area (Å²) in [6, 6.07) is 4.63. The third-order valence-corrected chi connectivity index (χ3v) is 6.06. The number of nitrogens with zero attached hydrogens (tertiary/aromatic N) is 1. The third-order valence-electron chi connectivity index (χ3n) is 4.57. The fourth-order valence-electron chi connectivity index (χ4n) is 3.33. The van der Waals surface area contributed by atoms with Gasteiger partial charge in [0.15, 0.2) is 0 Å². The van der Waals surface area contributed by atoms with Crippen LogP contribution in [0.25, 0.3) is 0 Å². The number of aryl methyl sites for hydroxylation is 1. The summed E-state index contributed by atoms with van der Waals surface area (Å²) in [5.41, 5.74) is 1.68. The van der Waals surface area contributed by atoms with E-state index in [2.05, 4.69) is 4.72 Å². The van der Waals surface area contributed by atoms with Crippen molar-refractivity contribution < 1.29 is 18.3 Å². The Morgan fingerprint density at radius 1 is 1.38 bits per heavy atom. The number of carbonyl (C=O) groups is 1. The van der Waals surface area contributed by atoms with Crippen LogP contribution in [-0.2, 0) is 21.2 Å². The van der Waals surface area contributed by atoms with E-state index in [0.29, 0.717) is 13.0 Å². The number of anilines is 1. The van der Waals surface area contributed by atoms with Gasteiger partial charge in [-0.3, -0.25) is 4.79 Å².